The van der Waals surface area contributed by atoms with E-state index in [1.165, 1.54) is 48.8 Å². The summed E-state index contributed by atoms with van der Waals surface area (Å²) in [7, 11) is 4.07. The first-order valence-corrected chi connectivity index (χ1v) is 9.80. The molecule has 0 aromatic heterocycles. The maximum Gasteiger partial charge on any atom is 0.191 e. The minimum Gasteiger partial charge on any atom is -0.356 e. The molecule has 1 saturated carbocycles. The molecular formula is C19H29BrN4. The molecule has 1 aliphatic carbocycles. The average Bonchev–Trinajstić information content (AvgIpc) is 3.38. The maximum atomic E-state index is 4.41. The number of aliphatic imine (C=N–C) groups is 1. The number of benzene rings is 1. The number of piperidine rings is 1. The van der Waals surface area contributed by atoms with E-state index in [0.29, 0.717) is 0 Å². The Kier molecular flexibility index (Phi) is 5.82. The first-order valence-electron chi connectivity index (χ1n) is 9.01. The van der Waals surface area contributed by atoms with E-state index >= 15 is 0 Å². The van der Waals surface area contributed by atoms with Crippen molar-refractivity contribution in [1.82, 2.24) is 15.5 Å². The summed E-state index contributed by atoms with van der Waals surface area (Å²) >= 11 is 3.71. The number of rotatable bonds is 5. The van der Waals surface area contributed by atoms with Gasteiger partial charge in [0.1, 0.15) is 0 Å². The Hall–Kier alpha value is -1.07. The van der Waals surface area contributed by atoms with Gasteiger partial charge in [-0.05, 0) is 63.4 Å². The van der Waals surface area contributed by atoms with E-state index in [-0.39, 0.29) is 5.41 Å². The van der Waals surface area contributed by atoms with Gasteiger partial charge in [-0.2, -0.15) is 0 Å². The molecule has 2 aliphatic rings. The highest BCUT2D eigenvalue weighted by molar-refractivity contribution is 9.10. The summed E-state index contributed by atoms with van der Waals surface area (Å²) < 4.78 is 1.22. The number of nitrogens with zero attached hydrogens (tertiary/aromatic N) is 2. The van der Waals surface area contributed by atoms with Crippen LogP contribution in [0.2, 0.25) is 0 Å². The lowest BCUT2D eigenvalue weighted by atomic mass is 9.96. The van der Waals surface area contributed by atoms with Crippen LogP contribution in [0.25, 0.3) is 0 Å². The Morgan fingerprint density at radius 3 is 2.58 bits per heavy atom. The van der Waals surface area contributed by atoms with Gasteiger partial charge in [-0.3, -0.25) is 4.99 Å². The second-order valence-electron chi connectivity index (χ2n) is 7.31. The van der Waals surface area contributed by atoms with Crippen LogP contribution in [0.5, 0.6) is 0 Å². The summed E-state index contributed by atoms with van der Waals surface area (Å²) in [6, 6.07) is 8.60. The molecule has 2 fully saturated rings. The van der Waals surface area contributed by atoms with E-state index in [2.05, 4.69) is 67.8 Å². The van der Waals surface area contributed by atoms with Crippen molar-refractivity contribution in [2.75, 3.05) is 40.3 Å². The highest BCUT2D eigenvalue weighted by Crippen LogP contribution is 2.49. The zero-order chi connectivity index (χ0) is 17.0. The number of hydrogen-bond donors (Lipinski definition) is 2. The van der Waals surface area contributed by atoms with Crippen LogP contribution >= 0.6 is 15.9 Å². The van der Waals surface area contributed by atoms with Crippen molar-refractivity contribution in [3.05, 3.63) is 34.3 Å². The van der Waals surface area contributed by atoms with Crippen molar-refractivity contribution in [2.24, 2.45) is 10.9 Å². The van der Waals surface area contributed by atoms with E-state index in [1.54, 1.807) is 0 Å². The van der Waals surface area contributed by atoms with Crippen LogP contribution in [-0.4, -0.2) is 51.1 Å². The standard InChI is InChI=1S/C19H29BrN4/c1-21-18(22-13-15-7-11-24(2)12-8-15)23-14-19(9-10-19)16-5-3-4-6-17(16)20/h3-6,15H,7-14H2,1-2H3,(H2,21,22,23). The molecule has 5 heteroatoms. The molecule has 0 unspecified atom stereocenters. The molecule has 0 bridgehead atoms. The molecule has 1 aromatic carbocycles. The molecule has 1 aromatic rings. The molecule has 0 amide bonds. The van der Waals surface area contributed by atoms with Crippen LogP contribution in [0.3, 0.4) is 0 Å². The molecule has 2 N–H and O–H groups in total. The van der Waals surface area contributed by atoms with Crippen molar-refractivity contribution in [3.8, 4) is 0 Å². The molecule has 4 nitrogen and oxygen atoms in total. The molecule has 24 heavy (non-hydrogen) atoms. The van der Waals surface area contributed by atoms with E-state index in [4.69, 9.17) is 0 Å². The zero-order valence-electron chi connectivity index (χ0n) is 14.8. The van der Waals surface area contributed by atoms with Gasteiger partial charge in [0.2, 0.25) is 0 Å². The summed E-state index contributed by atoms with van der Waals surface area (Å²) in [4.78, 5) is 6.82. The van der Waals surface area contributed by atoms with Crippen LogP contribution in [0.1, 0.15) is 31.2 Å². The minimum absolute atomic E-state index is 0.269. The van der Waals surface area contributed by atoms with Crippen LogP contribution in [0.4, 0.5) is 0 Å². The van der Waals surface area contributed by atoms with Gasteiger partial charge < -0.3 is 15.5 Å². The van der Waals surface area contributed by atoms with E-state index in [0.717, 1.165) is 25.0 Å². The summed E-state index contributed by atoms with van der Waals surface area (Å²) in [6.45, 7) is 4.39. The maximum absolute atomic E-state index is 4.41. The Bertz CT molecular complexity index is 574. The predicted octanol–water partition coefficient (Wildman–Crippen LogP) is 2.99. The largest absolute Gasteiger partial charge is 0.356 e. The third-order valence-electron chi connectivity index (χ3n) is 5.51. The van der Waals surface area contributed by atoms with Crippen LogP contribution in [0, 0.1) is 5.92 Å². The highest BCUT2D eigenvalue weighted by atomic mass is 79.9. The fourth-order valence-corrected chi connectivity index (χ4v) is 4.27. The lowest BCUT2D eigenvalue weighted by molar-refractivity contribution is 0.220. The van der Waals surface area contributed by atoms with Crippen LogP contribution < -0.4 is 10.6 Å². The Labute approximate surface area is 154 Å². The van der Waals surface area contributed by atoms with Crippen LogP contribution in [0.15, 0.2) is 33.7 Å². The molecule has 3 rings (SSSR count). The minimum atomic E-state index is 0.269. The van der Waals surface area contributed by atoms with Gasteiger partial charge in [0.05, 0.1) is 0 Å². The molecule has 1 heterocycles. The Morgan fingerprint density at radius 1 is 1.25 bits per heavy atom. The molecule has 0 spiro atoms. The quantitative estimate of drug-likeness (QED) is 0.597. The summed E-state index contributed by atoms with van der Waals surface area (Å²) in [6.07, 6.45) is 5.05. The number of hydrogen-bond acceptors (Lipinski definition) is 2. The predicted molar refractivity (Wildman–Crippen MR) is 105 cm³/mol. The van der Waals surface area contributed by atoms with Crippen molar-refractivity contribution >= 4 is 21.9 Å². The lowest BCUT2D eigenvalue weighted by Gasteiger charge is -2.29. The normalized spacial score (nSPS) is 21.5. The Balaban J connectivity index is 1.49. The summed E-state index contributed by atoms with van der Waals surface area (Å²) in [5.41, 5.74) is 1.69. The van der Waals surface area contributed by atoms with Crippen molar-refractivity contribution in [2.45, 2.75) is 31.1 Å². The van der Waals surface area contributed by atoms with Crippen molar-refractivity contribution < 1.29 is 0 Å². The second-order valence-corrected chi connectivity index (χ2v) is 8.17. The molecule has 1 aliphatic heterocycles. The van der Waals surface area contributed by atoms with Crippen molar-refractivity contribution in [3.63, 3.8) is 0 Å². The first-order chi connectivity index (χ1) is 11.6. The second kappa shape index (κ2) is 7.87. The molecular weight excluding hydrogens is 364 g/mol. The van der Waals surface area contributed by atoms with Gasteiger partial charge in [-0.1, -0.05) is 34.1 Å². The van der Waals surface area contributed by atoms with E-state index in [9.17, 15) is 0 Å². The zero-order valence-corrected chi connectivity index (χ0v) is 16.4. The SMILES string of the molecule is CN=C(NCC1CCN(C)CC1)NCC1(c2ccccc2Br)CC1. The third kappa shape index (κ3) is 4.31. The van der Waals surface area contributed by atoms with Gasteiger partial charge in [-0.15, -0.1) is 0 Å². The van der Waals surface area contributed by atoms with Gasteiger partial charge in [0.15, 0.2) is 5.96 Å². The molecule has 0 atom stereocenters. The third-order valence-corrected chi connectivity index (χ3v) is 6.20. The number of likely N-dealkylation sites (tertiary alicyclic amines) is 1. The smallest absolute Gasteiger partial charge is 0.191 e. The lowest BCUT2D eigenvalue weighted by Crippen LogP contribution is -2.44. The monoisotopic (exact) mass is 392 g/mol. The topological polar surface area (TPSA) is 39.7 Å². The van der Waals surface area contributed by atoms with Crippen LogP contribution in [-0.2, 0) is 5.41 Å². The van der Waals surface area contributed by atoms with Gasteiger partial charge in [-0.25, -0.2) is 0 Å². The molecule has 0 radical (unpaired) electrons. The van der Waals surface area contributed by atoms with E-state index < -0.39 is 0 Å². The average molecular weight is 393 g/mol. The van der Waals surface area contributed by atoms with Gasteiger partial charge >= 0.3 is 0 Å². The molecule has 1 saturated heterocycles. The summed E-state index contributed by atoms with van der Waals surface area (Å²) in [5, 5.41) is 7.08. The number of guanidine groups is 1. The Morgan fingerprint density at radius 2 is 1.96 bits per heavy atom. The fraction of sp³-hybridized carbons (Fsp3) is 0.632. The van der Waals surface area contributed by atoms with E-state index in [1.807, 2.05) is 7.05 Å². The summed E-state index contributed by atoms with van der Waals surface area (Å²) in [5.74, 6) is 1.70. The molecule has 132 valence electrons. The van der Waals surface area contributed by atoms with Crippen molar-refractivity contribution in [1.29, 1.82) is 0 Å². The number of nitrogens with one attached hydrogen (secondary N) is 2. The first kappa shape index (κ1) is 17.7. The highest BCUT2D eigenvalue weighted by Gasteiger charge is 2.45. The van der Waals surface area contributed by atoms with Gasteiger partial charge in [0.25, 0.3) is 0 Å². The number of halogens is 1. The fourth-order valence-electron chi connectivity index (χ4n) is 3.56. The van der Waals surface area contributed by atoms with Gasteiger partial charge in [0, 0.05) is 30.0 Å².